The largest absolute Gasteiger partial charge is 0.361 e. The summed E-state index contributed by atoms with van der Waals surface area (Å²) in [6, 6.07) is 8.45. The van der Waals surface area contributed by atoms with E-state index in [4.69, 9.17) is 0 Å². The summed E-state index contributed by atoms with van der Waals surface area (Å²) in [6.07, 6.45) is 10.6. The maximum Gasteiger partial charge on any atom is 0.103 e. The second-order valence-electron chi connectivity index (χ2n) is 7.35. The van der Waals surface area contributed by atoms with Crippen molar-refractivity contribution < 1.29 is 0 Å². The Labute approximate surface area is 171 Å². The van der Waals surface area contributed by atoms with Crippen molar-refractivity contribution in [1.29, 1.82) is 5.26 Å². The number of fused-ring (bicyclic) bond motifs is 1. The van der Waals surface area contributed by atoms with Crippen LogP contribution in [0.4, 0.5) is 11.4 Å². The molecule has 3 aromatic rings. The molecular formula is C23H26N6. The van der Waals surface area contributed by atoms with Crippen LogP contribution in [-0.2, 0) is 0 Å². The molecule has 0 bridgehead atoms. The van der Waals surface area contributed by atoms with Crippen LogP contribution in [0.1, 0.15) is 23.1 Å². The van der Waals surface area contributed by atoms with E-state index in [0.29, 0.717) is 5.56 Å². The van der Waals surface area contributed by atoms with Gasteiger partial charge in [-0.25, -0.2) is 0 Å². The zero-order valence-corrected chi connectivity index (χ0v) is 16.7. The number of anilines is 2. The van der Waals surface area contributed by atoms with Gasteiger partial charge in [0.25, 0.3) is 0 Å². The van der Waals surface area contributed by atoms with E-state index in [1.165, 1.54) is 5.39 Å². The molecule has 1 aromatic carbocycles. The highest BCUT2D eigenvalue weighted by Crippen LogP contribution is 2.30. The number of hydrogen-bond donors (Lipinski definition) is 3. The van der Waals surface area contributed by atoms with Gasteiger partial charge in [0.15, 0.2) is 0 Å². The van der Waals surface area contributed by atoms with Gasteiger partial charge in [-0.05, 0) is 37.1 Å². The van der Waals surface area contributed by atoms with Crippen LogP contribution in [0.3, 0.4) is 0 Å². The molecule has 1 aliphatic rings. The lowest BCUT2D eigenvalue weighted by molar-refractivity contribution is 0.245. The number of pyridine rings is 1. The second-order valence-corrected chi connectivity index (χ2v) is 7.35. The summed E-state index contributed by atoms with van der Waals surface area (Å²) in [5.41, 5.74) is 5.53. The molecule has 0 unspecified atom stereocenters. The number of benzene rings is 1. The average Bonchev–Trinajstić information content (AvgIpc) is 3.24. The van der Waals surface area contributed by atoms with Crippen molar-refractivity contribution in [1.82, 2.24) is 20.2 Å². The van der Waals surface area contributed by atoms with E-state index in [2.05, 4.69) is 62.8 Å². The second kappa shape index (κ2) is 8.91. The van der Waals surface area contributed by atoms with E-state index in [0.717, 1.165) is 67.2 Å². The Morgan fingerprint density at radius 1 is 1.24 bits per heavy atom. The third kappa shape index (κ3) is 4.32. The summed E-state index contributed by atoms with van der Waals surface area (Å²) < 4.78 is 0. The molecule has 6 nitrogen and oxygen atoms in total. The first kappa shape index (κ1) is 19.2. The van der Waals surface area contributed by atoms with Crippen LogP contribution < -0.4 is 10.6 Å². The number of nitrogens with zero attached hydrogens (tertiary/aromatic N) is 3. The Morgan fingerprint density at radius 2 is 2.10 bits per heavy atom. The molecule has 4 rings (SSSR count). The van der Waals surface area contributed by atoms with E-state index in [1.807, 2.05) is 18.5 Å². The number of hydrogen-bond acceptors (Lipinski definition) is 5. The van der Waals surface area contributed by atoms with Crippen LogP contribution in [0.15, 0.2) is 42.9 Å². The molecule has 2 aromatic heterocycles. The molecule has 0 atom stereocenters. The Bertz CT molecular complexity index is 1050. The summed E-state index contributed by atoms with van der Waals surface area (Å²) in [5.74, 6) is 0. The fourth-order valence-corrected chi connectivity index (χ4v) is 3.78. The highest BCUT2D eigenvalue weighted by Gasteiger charge is 2.11. The highest BCUT2D eigenvalue weighted by molar-refractivity contribution is 5.89. The van der Waals surface area contributed by atoms with Gasteiger partial charge in [0.05, 0.1) is 11.3 Å². The van der Waals surface area contributed by atoms with Crippen molar-refractivity contribution in [3.05, 3.63) is 59.6 Å². The molecule has 1 saturated heterocycles. The molecule has 0 radical (unpaired) electrons. The number of nitriles is 1. The SMILES string of the molecule is Cc1c(Nc2c(C#N)cncc2/C=C/CCN2CCNCC2)ccc2[nH]ccc12. The minimum absolute atomic E-state index is 0.544. The number of aryl methyl sites for hydroxylation is 1. The predicted octanol–water partition coefficient (Wildman–Crippen LogP) is 3.80. The summed E-state index contributed by atoms with van der Waals surface area (Å²) in [6.45, 7) is 7.48. The molecule has 1 fully saturated rings. The zero-order chi connectivity index (χ0) is 20.1. The monoisotopic (exact) mass is 386 g/mol. The zero-order valence-electron chi connectivity index (χ0n) is 16.7. The lowest BCUT2D eigenvalue weighted by Crippen LogP contribution is -2.43. The molecule has 3 heterocycles. The molecule has 3 N–H and O–H groups in total. The van der Waals surface area contributed by atoms with Crippen LogP contribution in [0.2, 0.25) is 0 Å². The van der Waals surface area contributed by atoms with Crippen LogP contribution in [0.5, 0.6) is 0 Å². The Kier molecular flexibility index (Phi) is 5.89. The number of piperazine rings is 1. The van der Waals surface area contributed by atoms with Crippen molar-refractivity contribution in [2.45, 2.75) is 13.3 Å². The lowest BCUT2D eigenvalue weighted by Gasteiger charge is -2.26. The standard InChI is InChI=1S/C23H26N6/c1-17-20-7-8-27-22(20)6-5-21(17)28-23-18(15-26-16-19(23)14-24)4-2-3-11-29-12-9-25-10-13-29/h2,4-8,15-16,25,27H,3,9-13H2,1H3,(H,26,28)/b4-2+. The van der Waals surface area contributed by atoms with Crippen molar-refractivity contribution in [2.24, 2.45) is 0 Å². The molecule has 0 spiro atoms. The van der Waals surface area contributed by atoms with Gasteiger partial charge in [-0.1, -0.05) is 12.2 Å². The highest BCUT2D eigenvalue weighted by atomic mass is 15.2. The minimum atomic E-state index is 0.544. The number of nitrogens with one attached hydrogen (secondary N) is 3. The number of rotatable bonds is 6. The fraction of sp³-hybridized carbons (Fsp3) is 0.304. The first-order valence-corrected chi connectivity index (χ1v) is 10.1. The molecule has 1 aliphatic heterocycles. The number of aromatic amines is 1. The van der Waals surface area contributed by atoms with E-state index < -0.39 is 0 Å². The van der Waals surface area contributed by atoms with Crippen LogP contribution in [-0.4, -0.2) is 47.6 Å². The normalized spacial score (nSPS) is 15.0. The van der Waals surface area contributed by atoms with Gasteiger partial charge < -0.3 is 20.5 Å². The molecular weight excluding hydrogens is 360 g/mol. The molecule has 0 aliphatic carbocycles. The fourth-order valence-electron chi connectivity index (χ4n) is 3.78. The van der Waals surface area contributed by atoms with Gasteiger partial charge in [-0.15, -0.1) is 0 Å². The van der Waals surface area contributed by atoms with Crippen molar-refractivity contribution >= 4 is 28.4 Å². The lowest BCUT2D eigenvalue weighted by atomic mass is 10.1. The van der Waals surface area contributed by atoms with Crippen molar-refractivity contribution in [3.63, 3.8) is 0 Å². The van der Waals surface area contributed by atoms with Crippen LogP contribution >= 0.6 is 0 Å². The Morgan fingerprint density at radius 3 is 2.93 bits per heavy atom. The first-order chi connectivity index (χ1) is 14.3. The molecule has 6 heteroatoms. The van der Waals surface area contributed by atoms with E-state index in [9.17, 15) is 5.26 Å². The third-order valence-corrected chi connectivity index (χ3v) is 5.48. The molecule has 0 amide bonds. The topological polar surface area (TPSA) is 79.8 Å². The molecule has 29 heavy (non-hydrogen) atoms. The van der Waals surface area contributed by atoms with E-state index in [1.54, 1.807) is 6.20 Å². The molecule has 0 saturated carbocycles. The minimum Gasteiger partial charge on any atom is -0.361 e. The quantitative estimate of drug-likeness (QED) is 0.601. The average molecular weight is 387 g/mol. The third-order valence-electron chi connectivity index (χ3n) is 5.48. The van der Waals surface area contributed by atoms with Gasteiger partial charge in [0.1, 0.15) is 6.07 Å². The predicted molar refractivity (Wildman–Crippen MR) is 118 cm³/mol. The van der Waals surface area contributed by atoms with Crippen LogP contribution in [0, 0.1) is 18.3 Å². The van der Waals surface area contributed by atoms with Crippen molar-refractivity contribution in [2.75, 3.05) is 38.0 Å². The van der Waals surface area contributed by atoms with Gasteiger partial charge in [0.2, 0.25) is 0 Å². The van der Waals surface area contributed by atoms with Gasteiger partial charge in [-0.2, -0.15) is 5.26 Å². The van der Waals surface area contributed by atoms with Gasteiger partial charge >= 0.3 is 0 Å². The summed E-state index contributed by atoms with van der Waals surface area (Å²) >= 11 is 0. The smallest absolute Gasteiger partial charge is 0.103 e. The van der Waals surface area contributed by atoms with Gasteiger partial charge in [0, 0.05) is 73.5 Å². The van der Waals surface area contributed by atoms with Gasteiger partial charge in [-0.3, -0.25) is 4.98 Å². The Balaban J connectivity index is 1.54. The summed E-state index contributed by atoms with van der Waals surface area (Å²) in [7, 11) is 0. The first-order valence-electron chi connectivity index (χ1n) is 10.1. The Hall–Kier alpha value is -3.14. The maximum absolute atomic E-state index is 9.60. The van der Waals surface area contributed by atoms with Crippen molar-refractivity contribution in [3.8, 4) is 6.07 Å². The van der Waals surface area contributed by atoms with E-state index >= 15 is 0 Å². The maximum atomic E-state index is 9.60. The number of H-pyrrole nitrogens is 1. The summed E-state index contributed by atoms with van der Waals surface area (Å²) in [4.78, 5) is 9.96. The van der Waals surface area contributed by atoms with E-state index in [-0.39, 0.29) is 0 Å². The summed E-state index contributed by atoms with van der Waals surface area (Å²) in [5, 5.41) is 17.6. The molecule has 148 valence electrons. The van der Waals surface area contributed by atoms with Crippen LogP contribution in [0.25, 0.3) is 17.0 Å². The number of aromatic nitrogens is 2.